The van der Waals surface area contributed by atoms with Gasteiger partial charge < -0.3 is 9.47 Å². The molecule has 0 aromatic rings. The summed E-state index contributed by atoms with van der Waals surface area (Å²) in [5.74, 6) is -0.396. The molecule has 0 spiro atoms. The maximum atomic E-state index is 13.2. The van der Waals surface area contributed by atoms with Crippen LogP contribution in [0.4, 0.5) is 0 Å². The van der Waals surface area contributed by atoms with Crippen LogP contribution in [-0.4, -0.2) is 42.3 Å². The molecule has 0 aromatic carbocycles. The Morgan fingerprint density at radius 2 is 1.03 bits per heavy atom. The molecule has 0 heterocycles. The first-order valence-electron chi connectivity index (χ1n) is 10.8. The first kappa shape index (κ1) is 26.9. The first-order valence-corrected chi connectivity index (χ1v) is 16.3. The summed E-state index contributed by atoms with van der Waals surface area (Å²) in [6.45, 7) is 8.75. The van der Waals surface area contributed by atoms with Crippen molar-refractivity contribution in [3.8, 4) is 0 Å². The van der Waals surface area contributed by atoms with Gasteiger partial charge in [-0.2, -0.15) is 0 Å². The quantitative estimate of drug-likeness (QED) is 0.152. The molecule has 0 aliphatic heterocycles. The molecule has 6 aliphatic rings. The molecule has 6 saturated carbocycles. The second-order valence-corrected chi connectivity index (χ2v) is 18.8. The number of ether oxygens (including phenoxy) is 2. The molecular formula is C22H28Br6O4. The Bertz CT molecular complexity index is 778. The van der Waals surface area contributed by atoms with E-state index in [9.17, 15) is 9.59 Å². The molecule has 4 nitrogen and oxygen atoms in total. The van der Waals surface area contributed by atoms with E-state index in [1.807, 2.05) is 0 Å². The van der Waals surface area contributed by atoms with E-state index in [0.717, 1.165) is 25.7 Å². The van der Waals surface area contributed by atoms with Gasteiger partial charge in [-0.3, -0.25) is 9.59 Å². The van der Waals surface area contributed by atoms with E-state index in [1.54, 1.807) is 0 Å². The first-order chi connectivity index (χ1) is 14.7. The van der Waals surface area contributed by atoms with Crippen LogP contribution >= 0.6 is 95.6 Å². The monoisotopic (exact) mass is 830 g/mol. The fraction of sp³-hybridized carbons (Fsp3) is 0.909. The summed E-state index contributed by atoms with van der Waals surface area (Å²) in [5.41, 5.74) is -1.64. The minimum atomic E-state index is -0.557. The Labute approximate surface area is 240 Å². The fourth-order valence-corrected chi connectivity index (χ4v) is 17.6. The van der Waals surface area contributed by atoms with Gasteiger partial charge in [-0.15, -0.1) is 0 Å². The molecule has 32 heavy (non-hydrogen) atoms. The van der Waals surface area contributed by atoms with Gasteiger partial charge in [-0.05, 0) is 36.5 Å². The Balaban J connectivity index is 1.35. The summed E-state index contributed by atoms with van der Waals surface area (Å²) in [5, 5.41) is 0. The van der Waals surface area contributed by atoms with Crippen molar-refractivity contribution in [2.75, 3.05) is 13.2 Å². The van der Waals surface area contributed by atoms with Crippen LogP contribution < -0.4 is 0 Å². The Morgan fingerprint density at radius 1 is 0.719 bits per heavy atom. The third-order valence-corrected chi connectivity index (χ3v) is 16.7. The number of fused-ring (bicyclic) bond motifs is 2. The number of rotatable bonds is 7. The van der Waals surface area contributed by atoms with Crippen molar-refractivity contribution in [2.24, 2.45) is 32.5 Å². The van der Waals surface area contributed by atoms with Gasteiger partial charge in [0.05, 0.1) is 18.3 Å². The van der Waals surface area contributed by atoms with Gasteiger partial charge in [0, 0.05) is 20.5 Å². The zero-order chi connectivity index (χ0) is 24.1. The molecule has 0 N–H and O–H groups in total. The molecule has 0 amide bonds. The van der Waals surface area contributed by atoms with Gasteiger partial charge >= 0.3 is 11.9 Å². The van der Waals surface area contributed by atoms with Crippen molar-refractivity contribution in [1.29, 1.82) is 0 Å². The fourth-order valence-electron chi connectivity index (χ4n) is 7.82. The Morgan fingerprint density at radius 3 is 1.25 bits per heavy atom. The van der Waals surface area contributed by atoms with Crippen LogP contribution in [0.25, 0.3) is 0 Å². The highest BCUT2D eigenvalue weighted by Crippen LogP contribution is 2.83. The number of hydrogen-bond donors (Lipinski definition) is 0. The number of carbonyl (C=O) groups excluding carboxylic acids is 2. The molecule has 6 unspecified atom stereocenters. The number of esters is 2. The topological polar surface area (TPSA) is 52.6 Å². The van der Waals surface area contributed by atoms with Gasteiger partial charge in [0.25, 0.3) is 0 Å². The Hall–Kier alpha value is 1.82. The minimum Gasteiger partial charge on any atom is -0.462 e. The van der Waals surface area contributed by atoms with Crippen LogP contribution in [-0.2, 0) is 19.1 Å². The van der Waals surface area contributed by atoms with E-state index in [1.165, 1.54) is 0 Å². The van der Waals surface area contributed by atoms with Crippen molar-refractivity contribution in [1.82, 2.24) is 0 Å². The zero-order valence-corrected chi connectivity index (χ0v) is 28.0. The van der Waals surface area contributed by atoms with Crippen LogP contribution in [0.2, 0.25) is 0 Å². The standard InChI is InChI=1S/C22H28Br6O4/c1-17(2)19(13(25)26)5-7-21(17,11(19)23)15(29)31-9-10-32-16(30)22-8-6-20(12(22)24,14(27)28)18(22,3)4/h11-14H,5-10H2,1-4H3. The third kappa shape index (κ3) is 2.65. The summed E-state index contributed by atoms with van der Waals surface area (Å²) in [6, 6.07) is 0. The smallest absolute Gasteiger partial charge is 0.313 e. The van der Waals surface area contributed by atoms with E-state index >= 15 is 0 Å². The number of hydrogen-bond acceptors (Lipinski definition) is 4. The maximum absolute atomic E-state index is 13.2. The van der Waals surface area contributed by atoms with Crippen molar-refractivity contribution in [3.05, 3.63) is 0 Å². The van der Waals surface area contributed by atoms with Crippen LogP contribution in [0.5, 0.6) is 0 Å². The van der Waals surface area contributed by atoms with Crippen molar-refractivity contribution >= 4 is 108 Å². The van der Waals surface area contributed by atoms with Gasteiger partial charge in [0.1, 0.15) is 13.2 Å². The highest BCUT2D eigenvalue weighted by molar-refractivity contribution is 9.25. The van der Waals surface area contributed by atoms with E-state index in [-0.39, 0.29) is 63.9 Å². The van der Waals surface area contributed by atoms with E-state index < -0.39 is 10.8 Å². The van der Waals surface area contributed by atoms with Crippen LogP contribution in [0.3, 0.4) is 0 Å². The Kier molecular flexibility index (Phi) is 6.85. The molecule has 4 bridgehead atoms. The van der Waals surface area contributed by atoms with Gasteiger partial charge in [0.2, 0.25) is 0 Å². The third-order valence-electron chi connectivity index (χ3n) is 10.3. The molecule has 6 atom stereocenters. The van der Waals surface area contributed by atoms with Crippen molar-refractivity contribution < 1.29 is 19.1 Å². The lowest BCUT2D eigenvalue weighted by Gasteiger charge is -2.65. The average molecular weight is 836 g/mol. The average Bonchev–Trinajstić information content (AvgIpc) is 3.36. The molecule has 6 fully saturated rings. The summed E-state index contributed by atoms with van der Waals surface area (Å²) >= 11 is 22.4. The zero-order valence-electron chi connectivity index (χ0n) is 18.5. The summed E-state index contributed by atoms with van der Waals surface area (Å²) in [6.07, 6.45) is 3.45. The predicted octanol–water partition coefficient (Wildman–Crippen LogP) is 7.44. The number of carbonyl (C=O) groups is 2. The second kappa shape index (κ2) is 8.16. The van der Waals surface area contributed by atoms with Crippen molar-refractivity contribution in [3.63, 3.8) is 0 Å². The lowest BCUT2D eigenvalue weighted by atomic mass is 9.43. The molecule has 0 saturated heterocycles. The highest BCUT2D eigenvalue weighted by Gasteiger charge is 2.85. The molecule has 6 aliphatic carbocycles. The molecule has 0 radical (unpaired) electrons. The molecular weight excluding hydrogens is 808 g/mol. The van der Waals surface area contributed by atoms with Gasteiger partial charge in [-0.25, -0.2) is 0 Å². The molecule has 0 aromatic heterocycles. The lowest BCUT2D eigenvalue weighted by Crippen LogP contribution is -2.70. The van der Waals surface area contributed by atoms with Crippen LogP contribution in [0.15, 0.2) is 0 Å². The largest absolute Gasteiger partial charge is 0.462 e. The van der Waals surface area contributed by atoms with Crippen LogP contribution in [0, 0.1) is 32.5 Å². The SMILES string of the molecule is CC1(C)C2(C(=O)OCCOC(=O)C34CCC(C(Br)Br)(C3Br)C4(C)C)CCC1(C(Br)Br)C2Br. The molecule has 10 heteroatoms. The van der Waals surface area contributed by atoms with Crippen molar-refractivity contribution in [2.45, 2.75) is 70.5 Å². The lowest BCUT2D eigenvalue weighted by molar-refractivity contribution is -0.194. The van der Waals surface area contributed by atoms with E-state index in [4.69, 9.17) is 9.47 Å². The highest BCUT2D eigenvalue weighted by atomic mass is 79.9. The van der Waals surface area contributed by atoms with Gasteiger partial charge in [-0.1, -0.05) is 123 Å². The normalized spacial score (nSPS) is 44.9. The second-order valence-electron chi connectivity index (χ2n) is 10.9. The minimum absolute atomic E-state index is 0.0354. The molecule has 6 rings (SSSR count). The number of alkyl halides is 6. The van der Waals surface area contributed by atoms with Crippen LogP contribution in [0.1, 0.15) is 53.4 Å². The summed E-state index contributed by atoms with van der Waals surface area (Å²) < 4.78 is 11.6. The maximum Gasteiger partial charge on any atom is 0.313 e. The summed E-state index contributed by atoms with van der Waals surface area (Å²) in [7, 11) is 0. The predicted molar refractivity (Wildman–Crippen MR) is 146 cm³/mol. The van der Waals surface area contributed by atoms with Gasteiger partial charge in [0.15, 0.2) is 0 Å². The van der Waals surface area contributed by atoms with E-state index in [2.05, 4.69) is 123 Å². The van der Waals surface area contributed by atoms with E-state index in [0.29, 0.717) is 0 Å². The summed E-state index contributed by atoms with van der Waals surface area (Å²) in [4.78, 5) is 26.5. The number of halogens is 6. The molecule has 182 valence electrons.